The minimum atomic E-state index is -0.516. The lowest BCUT2D eigenvalue weighted by Crippen LogP contribution is -2.15. The first-order valence-corrected chi connectivity index (χ1v) is 6.82. The van der Waals surface area contributed by atoms with Crippen molar-refractivity contribution >= 4 is 22.6 Å². The summed E-state index contributed by atoms with van der Waals surface area (Å²) in [4.78, 5) is 18.8. The van der Waals surface area contributed by atoms with Crippen molar-refractivity contribution < 1.29 is 9.53 Å². The molecule has 0 radical (unpaired) electrons. The van der Waals surface area contributed by atoms with Gasteiger partial charge in [0.05, 0.1) is 18.4 Å². The number of aromatic amines is 1. The van der Waals surface area contributed by atoms with Gasteiger partial charge in [-0.2, -0.15) is 0 Å². The monoisotopic (exact) mass is 296 g/mol. The maximum atomic E-state index is 11.6. The molecule has 112 valence electrons. The molecule has 0 spiro atoms. The zero-order chi connectivity index (χ0) is 15.5. The summed E-state index contributed by atoms with van der Waals surface area (Å²) in [5.41, 5.74) is 8.17. The number of rotatable bonds is 5. The summed E-state index contributed by atoms with van der Waals surface area (Å²) in [5.74, 6) is 0.271. The average molecular weight is 296 g/mol. The predicted octanol–water partition coefficient (Wildman–Crippen LogP) is 2.28. The lowest BCUT2D eigenvalue weighted by molar-refractivity contribution is 0.100. The maximum Gasteiger partial charge on any atom is 0.252 e. The van der Waals surface area contributed by atoms with Gasteiger partial charge >= 0.3 is 0 Å². The molecule has 3 rings (SSSR count). The van der Waals surface area contributed by atoms with Crippen molar-refractivity contribution in [3.63, 3.8) is 0 Å². The molecule has 0 aliphatic rings. The van der Waals surface area contributed by atoms with E-state index in [0.29, 0.717) is 23.4 Å². The number of aromatic nitrogens is 2. The number of fused-ring (bicyclic) bond motifs is 1. The minimum absolute atomic E-state index is 0.363. The molecule has 0 saturated heterocycles. The number of ether oxygens (including phenoxy) is 1. The van der Waals surface area contributed by atoms with E-state index in [0.717, 1.165) is 16.7 Å². The van der Waals surface area contributed by atoms with Crippen LogP contribution in [-0.2, 0) is 6.54 Å². The number of benzene rings is 1. The van der Waals surface area contributed by atoms with E-state index in [2.05, 4.69) is 15.3 Å². The number of nitrogens with two attached hydrogens (primary N) is 1. The molecule has 3 aromatic rings. The molecule has 4 N–H and O–H groups in total. The third kappa shape index (κ3) is 2.46. The van der Waals surface area contributed by atoms with E-state index < -0.39 is 5.91 Å². The van der Waals surface area contributed by atoms with Crippen LogP contribution in [0, 0.1) is 0 Å². The van der Waals surface area contributed by atoms with Gasteiger partial charge in [0, 0.05) is 29.9 Å². The van der Waals surface area contributed by atoms with Gasteiger partial charge in [-0.25, -0.2) is 4.98 Å². The van der Waals surface area contributed by atoms with Gasteiger partial charge in [0.1, 0.15) is 11.4 Å². The molecule has 0 aliphatic carbocycles. The SMILES string of the molecule is COc1ccccc1CNc1c(C(N)=O)cnc2[nH]ccc12. The highest BCUT2D eigenvalue weighted by Crippen LogP contribution is 2.27. The summed E-state index contributed by atoms with van der Waals surface area (Å²) < 4.78 is 5.33. The Morgan fingerprint density at radius 1 is 1.36 bits per heavy atom. The highest BCUT2D eigenvalue weighted by atomic mass is 16.5. The van der Waals surface area contributed by atoms with Gasteiger partial charge < -0.3 is 20.8 Å². The van der Waals surface area contributed by atoms with Gasteiger partial charge in [0.25, 0.3) is 5.91 Å². The van der Waals surface area contributed by atoms with Crippen molar-refractivity contribution in [1.82, 2.24) is 9.97 Å². The second kappa shape index (κ2) is 5.77. The van der Waals surface area contributed by atoms with E-state index in [1.165, 1.54) is 6.20 Å². The molecule has 2 aromatic heterocycles. The summed E-state index contributed by atoms with van der Waals surface area (Å²) in [5, 5.41) is 4.10. The number of nitrogens with one attached hydrogen (secondary N) is 2. The Kier molecular flexibility index (Phi) is 3.65. The highest BCUT2D eigenvalue weighted by Gasteiger charge is 2.14. The zero-order valence-corrected chi connectivity index (χ0v) is 12.1. The van der Waals surface area contributed by atoms with E-state index in [1.54, 1.807) is 13.3 Å². The van der Waals surface area contributed by atoms with E-state index in [-0.39, 0.29) is 0 Å². The first kappa shape index (κ1) is 13.9. The smallest absolute Gasteiger partial charge is 0.252 e. The fourth-order valence-corrected chi connectivity index (χ4v) is 2.42. The Bertz CT molecular complexity index is 826. The maximum absolute atomic E-state index is 11.6. The van der Waals surface area contributed by atoms with Gasteiger partial charge in [-0.3, -0.25) is 4.79 Å². The molecule has 0 fully saturated rings. The third-order valence-electron chi connectivity index (χ3n) is 3.50. The zero-order valence-electron chi connectivity index (χ0n) is 12.1. The van der Waals surface area contributed by atoms with Gasteiger partial charge in [-0.1, -0.05) is 18.2 Å². The van der Waals surface area contributed by atoms with Gasteiger partial charge in [-0.05, 0) is 12.1 Å². The summed E-state index contributed by atoms with van der Waals surface area (Å²) >= 11 is 0. The quantitative estimate of drug-likeness (QED) is 0.673. The molecule has 6 heteroatoms. The molecule has 1 aromatic carbocycles. The normalized spacial score (nSPS) is 10.6. The Labute approximate surface area is 127 Å². The van der Waals surface area contributed by atoms with Crippen molar-refractivity contribution in [3.8, 4) is 5.75 Å². The summed E-state index contributed by atoms with van der Waals surface area (Å²) in [6, 6.07) is 9.57. The van der Waals surface area contributed by atoms with Crippen LogP contribution in [0.1, 0.15) is 15.9 Å². The number of hydrogen-bond donors (Lipinski definition) is 3. The van der Waals surface area contributed by atoms with Crippen LogP contribution in [0.2, 0.25) is 0 Å². The number of carbonyl (C=O) groups excluding carboxylic acids is 1. The molecule has 0 atom stereocenters. The minimum Gasteiger partial charge on any atom is -0.496 e. The van der Waals surface area contributed by atoms with Crippen molar-refractivity contribution in [3.05, 3.63) is 53.9 Å². The second-order valence-electron chi connectivity index (χ2n) is 4.82. The second-order valence-corrected chi connectivity index (χ2v) is 4.82. The van der Waals surface area contributed by atoms with E-state index in [1.807, 2.05) is 30.3 Å². The Hall–Kier alpha value is -3.02. The average Bonchev–Trinajstić information content (AvgIpc) is 3.01. The predicted molar refractivity (Wildman–Crippen MR) is 84.9 cm³/mol. The van der Waals surface area contributed by atoms with Crippen molar-refractivity contribution in [2.24, 2.45) is 5.73 Å². The summed E-state index contributed by atoms with van der Waals surface area (Å²) in [6.45, 7) is 0.509. The van der Waals surface area contributed by atoms with Gasteiger partial charge in [0.2, 0.25) is 0 Å². The number of methoxy groups -OCH3 is 1. The number of anilines is 1. The summed E-state index contributed by atoms with van der Waals surface area (Å²) in [6.07, 6.45) is 3.25. The van der Waals surface area contributed by atoms with Crippen molar-refractivity contribution in [2.45, 2.75) is 6.54 Å². The first-order chi connectivity index (χ1) is 10.7. The van der Waals surface area contributed by atoms with Crippen LogP contribution in [0.4, 0.5) is 5.69 Å². The van der Waals surface area contributed by atoms with E-state index >= 15 is 0 Å². The van der Waals surface area contributed by atoms with Crippen LogP contribution in [0.5, 0.6) is 5.75 Å². The summed E-state index contributed by atoms with van der Waals surface area (Å²) in [7, 11) is 1.63. The fourth-order valence-electron chi connectivity index (χ4n) is 2.42. The number of amides is 1. The molecule has 0 unspecified atom stereocenters. The van der Waals surface area contributed by atoms with Crippen LogP contribution in [0.25, 0.3) is 11.0 Å². The Morgan fingerprint density at radius 3 is 2.95 bits per heavy atom. The lowest BCUT2D eigenvalue weighted by atomic mass is 10.1. The van der Waals surface area contributed by atoms with Gasteiger partial charge in [0.15, 0.2) is 0 Å². The van der Waals surface area contributed by atoms with Crippen LogP contribution in [-0.4, -0.2) is 23.0 Å². The first-order valence-electron chi connectivity index (χ1n) is 6.82. The molecule has 1 amide bonds. The number of hydrogen-bond acceptors (Lipinski definition) is 4. The largest absolute Gasteiger partial charge is 0.496 e. The molecule has 6 nitrogen and oxygen atoms in total. The Morgan fingerprint density at radius 2 is 2.18 bits per heavy atom. The van der Waals surface area contributed by atoms with E-state index in [4.69, 9.17) is 10.5 Å². The van der Waals surface area contributed by atoms with Crippen LogP contribution < -0.4 is 15.8 Å². The molecule has 0 bridgehead atoms. The molecule has 22 heavy (non-hydrogen) atoms. The number of pyridine rings is 1. The topological polar surface area (TPSA) is 93.0 Å². The van der Waals surface area contributed by atoms with E-state index in [9.17, 15) is 4.79 Å². The van der Waals surface area contributed by atoms with Crippen molar-refractivity contribution in [1.29, 1.82) is 0 Å². The van der Waals surface area contributed by atoms with Crippen LogP contribution >= 0.6 is 0 Å². The molecular weight excluding hydrogens is 280 g/mol. The molecule has 0 aliphatic heterocycles. The number of carbonyl (C=O) groups is 1. The highest BCUT2D eigenvalue weighted by molar-refractivity contribution is 6.05. The lowest BCUT2D eigenvalue weighted by Gasteiger charge is -2.13. The molecule has 2 heterocycles. The Balaban J connectivity index is 1.97. The van der Waals surface area contributed by atoms with Crippen LogP contribution in [0.15, 0.2) is 42.7 Å². The fraction of sp³-hybridized carbons (Fsp3) is 0.125. The standard InChI is InChI=1S/C16H16N4O2/c1-22-13-5-3-2-4-10(13)8-19-14-11-6-7-18-16(11)20-9-12(14)15(17)21/h2-7,9H,8H2,1H3,(H2,17,21)(H2,18,19,20). The number of nitrogens with zero attached hydrogens (tertiary/aromatic N) is 1. The number of primary amides is 1. The third-order valence-corrected chi connectivity index (χ3v) is 3.50. The molecular formula is C16H16N4O2. The number of H-pyrrole nitrogens is 1. The van der Waals surface area contributed by atoms with Crippen molar-refractivity contribution in [2.75, 3.05) is 12.4 Å². The van der Waals surface area contributed by atoms with Gasteiger partial charge in [-0.15, -0.1) is 0 Å². The molecule has 0 saturated carbocycles. The number of para-hydroxylation sites is 1. The van der Waals surface area contributed by atoms with Crippen LogP contribution in [0.3, 0.4) is 0 Å².